The minimum absolute atomic E-state index is 0. The van der Waals surface area contributed by atoms with Crippen LogP contribution in [0.5, 0.6) is 0 Å². The molecule has 10 heteroatoms. The molecule has 0 N–H and O–H groups in total. The summed E-state index contributed by atoms with van der Waals surface area (Å²) >= 11 is 3.05. The fourth-order valence-corrected chi connectivity index (χ4v) is 9.24. The molecular weight excluding hydrogens is 744 g/mol. The van der Waals surface area contributed by atoms with Crippen molar-refractivity contribution in [3.8, 4) is 34.4 Å². The summed E-state index contributed by atoms with van der Waals surface area (Å²) in [6, 6.07) is 31.6. The minimum atomic E-state index is -2.39. The molecule has 0 fully saturated rings. The predicted octanol–water partition coefficient (Wildman–Crippen LogP) is 7.38. The molecule has 4 aromatic heterocycles. The van der Waals surface area contributed by atoms with Crippen molar-refractivity contribution in [2.24, 2.45) is 5.41 Å². The topological polar surface area (TPSA) is 131 Å². The number of rotatable bonds is 8. The molecule has 56 heavy (non-hydrogen) atoms. The van der Waals surface area contributed by atoms with Gasteiger partial charge in [-0.1, -0.05) is 81.4 Å². The number of aromatic nitrogens is 2. The number of hydrogen-bond acceptors (Lipinski definition) is 9. The number of carboxylic acids is 1. The number of nitrogens with zero attached hydrogens (tertiary/aromatic N) is 4. The van der Waals surface area contributed by atoms with E-state index in [1.54, 1.807) is 29.9 Å². The first-order valence-electron chi connectivity index (χ1n) is 19.0. The van der Waals surface area contributed by atoms with Crippen molar-refractivity contribution in [2.45, 2.75) is 46.4 Å². The van der Waals surface area contributed by atoms with Gasteiger partial charge in [-0.3, -0.25) is 14.8 Å². The van der Waals surface area contributed by atoms with Crippen LogP contribution in [-0.4, -0.2) is 21.7 Å². The van der Waals surface area contributed by atoms with Gasteiger partial charge in [-0.15, -0.1) is 22.7 Å². The Labute approximate surface area is 359 Å². The molecule has 0 amide bonds. The van der Waals surface area contributed by atoms with Crippen molar-refractivity contribution in [2.75, 3.05) is 0 Å². The zero-order valence-corrected chi connectivity index (χ0v) is 34.8. The number of Topliss-reactive ketones (excluding diaryl/α,β-unsaturated/α-hetero) is 1. The number of ketones is 1. The van der Waals surface area contributed by atoms with Crippen LogP contribution in [0, 0.1) is 28.1 Å². The van der Waals surface area contributed by atoms with Crippen LogP contribution < -0.4 is 34.7 Å². The van der Waals surface area contributed by atoms with Crippen molar-refractivity contribution < 1.29 is 48.4 Å². The monoisotopic (exact) mass is 781 g/mol. The van der Waals surface area contributed by atoms with E-state index in [9.17, 15) is 25.2 Å². The molecule has 8 rings (SSSR count). The largest absolute Gasteiger partial charge is 1.00 e. The number of benzene rings is 4. The van der Waals surface area contributed by atoms with E-state index in [2.05, 4.69) is 22.1 Å². The maximum absolute atomic E-state index is 12.2. The Hall–Kier alpha value is -5.26. The van der Waals surface area contributed by atoms with Gasteiger partial charge in [0, 0.05) is 87.4 Å². The number of hydrogen-bond donors (Lipinski definition) is 0. The number of fused-ring (bicyclic) bond motifs is 4. The Morgan fingerprint density at radius 2 is 1.36 bits per heavy atom. The van der Waals surface area contributed by atoms with Crippen LogP contribution in [0.3, 0.4) is 0 Å². The average molecular weight is 782 g/mol. The van der Waals surface area contributed by atoms with Crippen LogP contribution >= 0.6 is 22.7 Å². The Morgan fingerprint density at radius 3 is 1.93 bits per heavy atom. The maximum Gasteiger partial charge on any atom is 1.00 e. The fourth-order valence-electron chi connectivity index (χ4n) is 6.82. The first-order chi connectivity index (χ1) is 27.7. The second kappa shape index (κ2) is 16.9. The standard InChI is InChI=1S/C24H20N2OS.C22H16N2O2S.Na/c1-15(27)24(2,3)11-17-10-21-22(13-26-14-23(21)28-17)20-9-8-16(12-25)18-6-4-5-7-19(18)20;1-13(8-21(25)26)20-9-15-11-24-12-19(22(15)27-20)18-7-6-14(10-23)16-4-2-3-5-17(16)18;/h4-10,13-14H,11H2,1-3H3;2-7,9,11-13H,8H2,1H3,(H,25,26);/q;;+1/p-1/i2D3;;. The summed E-state index contributed by atoms with van der Waals surface area (Å²) in [7, 11) is 0. The first kappa shape index (κ1) is 36.4. The summed E-state index contributed by atoms with van der Waals surface area (Å²) in [4.78, 5) is 33.8. The van der Waals surface area contributed by atoms with Crippen LogP contribution in [0.15, 0.2) is 110 Å². The number of pyridine rings is 2. The Bertz CT molecular complexity index is 3000. The van der Waals surface area contributed by atoms with Crippen LogP contribution in [0.2, 0.25) is 0 Å². The van der Waals surface area contributed by atoms with Crippen LogP contribution in [-0.2, 0) is 16.0 Å². The van der Waals surface area contributed by atoms with Gasteiger partial charge >= 0.3 is 29.6 Å². The number of carboxylic acid groups (broad SMARTS) is 1. The predicted molar refractivity (Wildman–Crippen MR) is 221 cm³/mol. The second-order valence-electron chi connectivity index (χ2n) is 13.7. The van der Waals surface area contributed by atoms with Gasteiger partial charge in [0.25, 0.3) is 0 Å². The molecule has 2 atom stereocenters. The van der Waals surface area contributed by atoms with Crippen molar-refractivity contribution in [1.82, 2.24) is 9.97 Å². The number of carbonyl (C=O) groups excluding carboxylic acids is 2. The smallest absolute Gasteiger partial charge is 0.550 e. The third-order valence-corrected chi connectivity index (χ3v) is 12.4. The Morgan fingerprint density at radius 1 is 0.786 bits per heavy atom. The van der Waals surface area contributed by atoms with Crippen LogP contribution in [0.25, 0.3) is 64.0 Å². The molecule has 0 bridgehead atoms. The number of aliphatic carboxylic acids is 1. The molecule has 0 aliphatic heterocycles. The normalized spacial score (nSPS) is 13.6. The van der Waals surface area contributed by atoms with E-state index in [0.29, 0.717) is 11.1 Å². The molecule has 2 unspecified atom stereocenters. The Kier molecular flexibility index (Phi) is 10.9. The van der Waals surface area contributed by atoms with Gasteiger partial charge in [-0.25, -0.2) is 0 Å². The summed E-state index contributed by atoms with van der Waals surface area (Å²) in [5, 5.41) is 35.5. The SMILES string of the molecule is CC(CC(=O)[O-])c1cc2cncc(-c3ccc(C#N)c4ccccc34)c2s1.[2H]C([2H])([2H])C(C)(Cc1cc2c(-c3ccc(C#N)c4ccccc34)cncc2s1)C(C)=O.[Na+]. The molecule has 7 nitrogen and oxygen atoms in total. The van der Waals surface area contributed by atoms with Gasteiger partial charge in [0.15, 0.2) is 0 Å². The molecule has 0 spiro atoms. The van der Waals surface area contributed by atoms with Crippen molar-refractivity contribution >= 4 is 76.1 Å². The molecular formula is C46H35N4NaO3S2. The third kappa shape index (κ3) is 8.01. The molecule has 4 heterocycles. The quantitative estimate of drug-likeness (QED) is 0.147. The summed E-state index contributed by atoms with van der Waals surface area (Å²) in [5.74, 6) is -1.50. The first-order valence-corrected chi connectivity index (χ1v) is 19.2. The molecule has 0 radical (unpaired) electrons. The Balaban J connectivity index is 0.000000197. The van der Waals surface area contributed by atoms with Crippen molar-refractivity contribution in [3.63, 3.8) is 0 Å². The molecule has 8 aromatic rings. The molecule has 270 valence electrons. The molecule has 0 saturated carbocycles. The average Bonchev–Trinajstić information content (AvgIpc) is 3.84. The van der Waals surface area contributed by atoms with Gasteiger partial charge in [0.1, 0.15) is 5.78 Å². The van der Waals surface area contributed by atoms with Gasteiger partial charge < -0.3 is 9.90 Å². The number of thiophene rings is 2. The van der Waals surface area contributed by atoms with E-state index < -0.39 is 18.2 Å². The van der Waals surface area contributed by atoms with Crippen LogP contribution in [0.1, 0.15) is 65.0 Å². The molecule has 4 aromatic carbocycles. The summed E-state index contributed by atoms with van der Waals surface area (Å²) in [6.45, 7) is 2.36. The number of carbonyl (C=O) groups is 2. The maximum atomic E-state index is 12.2. The van der Waals surface area contributed by atoms with Gasteiger partial charge in [-0.2, -0.15) is 10.5 Å². The second-order valence-corrected chi connectivity index (χ2v) is 16.0. The van der Waals surface area contributed by atoms with E-state index in [-0.39, 0.29) is 54.1 Å². The van der Waals surface area contributed by atoms with E-state index in [1.165, 1.54) is 25.2 Å². The summed E-state index contributed by atoms with van der Waals surface area (Å²) in [5.41, 5.74) is 3.70. The minimum Gasteiger partial charge on any atom is -0.550 e. The zero-order chi connectivity index (χ0) is 41.4. The van der Waals surface area contributed by atoms with Gasteiger partial charge in [0.05, 0.1) is 28.0 Å². The van der Waals surface area contributed by atoms with E-state index >= 15 is 0 Å². The van der Waals surface area contributed by atoms with E-state index in [4.69, 9.17) is 4.11 Å². The van der Waals surface area contributed by atoms with Crippen molar-refractivity contribution in [1.29, 1.82) is 10.5 Å². The summed E-state index contributed by atoms with van der Waals surface area (Å²) < 4.78 is 25.6. The molecule has 0 aliphatic rings. The summed E-state index contributed by atoms with van der Waals surface area (Å²) in [6.07, 6.45) is 7.33. The zero-order valence-electron chi connectivity index (χ0n) is 34.2. The van der Waals surface area contributed by atoms with E-state index in [0.717, 1.165) is 73.7 Å². The van der Waals surface area contributed by atoms with E-state index in [1.807, 2.05) is 98.0 Å². The molecule has 0 saturated heterocycles. The van der Waals surface area contributed by atoms with Gasteiger partial charge in [0.2, 0.25) is 0 Å². The van der Waals surface area contributed by atoms with Crippen LogP contribution in [0.4, 0.5) is 0 Å². The van der Waals surface area contributed by atoms with Gasteiger partial charge in [-0.05, 0) is 71.8 Å². The van der Waals surface area contributed by atoms with Crippen molar-refractivity contribution in [3.05, 3.63) is 131 Å². The fraction of sp³-hybridized carbons (Fsp3) is 0.174. The number of nitriles is 2. The molecule has 0 aliphatic carbocycles. The third-order valence-electron chi connectivity index (χ3n) is 9.87.